The molecule has 3 aliphatic heterocycles. The lowest BCUT2D eigenvalue weighted by Crippen LogP contribution is -2.52. The smallest absolute Gasteiger partial charge is 0.407 e. The van der Waals surface area contributed by atoms with E-state index >= 15 is 0 Å². The number of likely N-dealkylation sites (tertiary alicyclic amines) is 2. The summed E-state index contributed by atoms with van der Waals surface area (Å²) < 4.78 is 21.7. The number of fused-ring (bicyclic) bond motifs is 6. The van der Waals surface area contributed by atoms with Crippen LogP contribution < -0.4 is 15.4 Å². The van der Waals surface area contributed by atoms with Crippen molar-refractivity contribution in [1.82, 2.24) is 40.4 Å². The first-order valence-corrected chi connectivity index (χ1v) is 22.1. The molecule has 0 radical (unpaired) electrons. The Hall–Kier alpha value is -6.94. The summed E-state index contributed by atoms with van der Waals surface area (Å²) in [4.78, 5) is 73.5. The standard InChI is InChI=1S/C49H54N8O8/c1-26(2)41(54-48(60)63-5)47(59)57-27(3)12-17-38(57)45-51-36-16-14-30-20-35-33-15-13-31(19-32(33)25-65-40(35)21-34(30)43(36)53-45)37-22-50-44(52-37)39-18-28(24-62-4)23-56(39)46(58)42(55-49(61)64-6)29-10-8-7-9-11-29/h7-11,13-16,19-22,26-28,38-39,41-42H,12,17-18,23-25H2,1-6H3,(H,50,52)(H,51,53)(H,54,60)(H,55,61)/t27-,28-,38-,39?,41-,42?/m0/s1. The third kappa shape index (κ3) is 8.22. The topological polar surface area (TPSA) is 193 Å². The van der Waals surface area contributed by atoms with E-state index in [1.54, 1.807) is 18.2 Å². The maximum Gasteiger partial charge on any atom is 0.407 e. The molecule has 16 heteroatoms. The van der Waals surface area contributed by atoms with E-state index in [0.29, 0.717) is 43.4 Å². The largest absolute Gasteiger partial charge is 0.488 e. The van der Waals surface area contributed by atoms with Crippen molar-refractivity contribution in [2.24, 2.45) is 11.8 Å². The van der Waals surface area contributed by atoms with Crippen LogP contribution in [0.1, 0.15) is 80.9 Å². The van der Waals surface area contributed by atoms with E-state index in [-0.39, 0.29) is 41.8 Å². The van der Waals surface area contributed by atoms with Crippen LogP contribution in [0.3, 0.4) is 0 Å². The molecule has 4 amide bonds. The Bertz CT molecular complexity index is 2770. The van der Waals surface area contributed by atoms with Crippen LogP contribution in [0.5, 0.6) is 5.75 Å². The minimum atomic E-state index is -0.948. The maximum absolute atomic E-state index is 14.3. The molecule has 65 heavy (non-hydrogen) atoms. The molecule has 9 rings (SSSR count). The number of nitrogens with one attached hydrogen (secondary N) is 4. The average Bonchev–Trinajstić information content (AvgIpc) is 4.15. The van der Waals surface area contributed by atoms with Gasteiger partial charge < -0.3 is 49.3 Å². The zero-order valence-electron chi connectivity index (χ0n) is 37.3. The monoisotopic (exact) mass is 882 g/mol. The van der Waals surface area contributed by atoms with Gasteiger partial charge in [0.25, 0.3) is 5.91 Å². The molecule has 2 saturated heterocycles. The van der Waals surface area contributed by atoms with E-state index in [4.69, 9.17) is 28.9 Å². The van der Waals surface area contributed by atoms with Gasteiger partial charge in [0.05, 0.1) is 55.8 Å². The van der Waals surface area contributed by atoms with Crippen LogP contribution in [-0.2, 0) is 30.4 Å². The third-order valence-electron chi connectivity index (χ3n) is 13.1. The Morgan fingerprint density at radius 3 is 2.40 bits per heavy atom. The van der Waals surface area contributed by atoms with Crippen molar-refractivity contribution in [3.05, 3.63) is 102 Å². The predicted octanol–water partition coefficient (Wildman–Crippen LogP) is 7.73. The number of imidazole rings is 2. The maximum atomic E-state index is 14.3. The van der Waals surface area contributed by atoms with Crippen LogP contribution in [0.2, 0.25) is 0 Å². The Labute approximate surface area is 376 Å². The molecular weight excluding hydrogens is 829 g/mol. The molecule has 6 aromatic rings. The molecule has 4 N–H and O–H groups in total. The second kappa shape index (κ2) is 17.9. The fourth-order valence-electron chi connectivity index (χ4n) is 9.83. The summed E-state index contributed by atoms with van der Waals surface area (Å²) in [5.41, 5.74) is 7.10. The molecule has 0 aliphatic carbocycles. The van der Waals surface area contributed by atoms with Gasteiger partial charge in [-0.2, -0.15) is 0 Å². The van der Waals surface area contributed by atoms with Crippen molar-refractivity contribution in [3.8, 4) is 28.1 Å². The van der Waals surface area contributed by atoms with Gasteiger partial charge in [-0.1, -0.05) is 62.4 Å². The van der Waals surface area contributed by atoms with Gasteiger partial charge in [0.15, 0.2) is 0 Å². The van der Waals surface area contributed by atoms with E-state index in [1.165, 1.54) is 14.2 Å². The number of methoxy groups -OCH3 is 3. The first kappa shape index (κ1) is 43.3. The Balaban J connectivity index is 0.974. The second-order valence-corrected chi connectivity index (χ2v) is 17.6. The zero-order chi connectivity index (χ0) is 45.5. The highest BCUT2D eigenvalue weighted by Gasteiger charge is 2.43. The number of hydrogen-bond acceptors (Lipinski definition) is 10. The molecule has 338 valence electrons. The molecule has 0 bridgehead atoms. The predicted molar refractivity (Wildman–Crippen MR) is 243 cm³/mol. The van der Waals surface area contributed by atoms with Gasteiger partial charge >= 0.3 is 12.2 Å². The molecule has 0 spiro atoms. The summed E-state index contributed by atoms with van der Waals surface area (Å²) in [5, 5.41) is 7.45. The number of benzene rings is 4. The SMILES string of the molecule is COC[C@H]1CC(c2ncc(-c3ccc4c(c3)COc3cc5c(ccc6nc([C@@H]7CC[C@H](C)N7C(=O)[C@@H](NC(=O)OC)C(C)C)[nH]c65)cc3-4)[nH]2)N(C(=O)C(NC(=O)OC)c2ccccc2)C1. The normalized spacial score (nSPS) is 20.0. The highest BCUT2D eigenvalue weighted by Crippen LogP contribution is 2.44. The van der Waals surface area contributed by atoms with Gasteiger partial charge in [-0.05, 0) is 84.0 Å². The van der Waals surface area contributed by atoms with Crippen LogP contribution in [-0.4, -0.2) is 100 Å². The van der Waals surface area contributed by atoms with Crippen molar-refractivity contribution < 1.29 is 38.1 Å². The van der Waals surface area contributed by atoms with Crippen molar-refractivity contribution in [3.63, 3.8) is 0 Å². The lowest BCUT2D eigenvalue weighted by Gasteiger charge is -2.32. The highest BCUT2D eigenvalue weighted by molar-refractivity contribution is 6.07. The minimum absolute atomic E-state index is 0.0342. The molecule has 2 aromatic heterocycles. The van der Waals surface area contributed by atoms with E-state index in [9.17, 15) is 19.2 Å². The minimum Gasteiger partial charge on any atom is -0.488 e. The van der Waals surface area contributed by atoms with Gasteiger partial charge in [0.1, 0.15) is 36.1 Å². The molecule has 2 fully saturated rings. The van der Waals surface area contributed by atoms with Gasteiger partial charge in [0.2, 0.25) is 5.91 Å². The Kier molecular flexibility index (Phi) is 11.9. The summed E-state index contributed by atoms with van der Waals surface area (Å²) in [5.74, 6) is 1.62. The van der Waals surface area contributed by atoms with Gasteiger partial charge in [-0.3, -0.25) is 9.59 Å². The number of aromatic amines is 2. The van der Waals surface area contributed by atoms with E-state index in [1.807, 2.05) is 62.1 Å². The lowest BCUT2D eigenvalue weighted by molar-refractivity contribution is -0.137. The van der Waals surface area contributed by atoms with E-state index in [2.05, 4.69) is 57.0 Å². The Morgan fingerprint density at radius 1 is 0.862 bits per heavy atom. The number of hydrogen-bond donors (Lipinski definition) is 4. The van der Waals surface area contributed by atoms with Gasteiger partial charge in [0, 0.05) is 36.6 Å². The van der Waals surface area contributed by atoms with Crippen LogP contribution >= 0.6 is 0 Å². The summed E-state index contributed by atoms with van der Waals surface area (Å²) in [6.45, 7) is 7.12. The first-order chi connectivity index (χ1) is 31.5. The number of ether oxygens (including phenoxy) is 4. The summed E-state index contributed by atoms with van der Waals surface area (Å²) in [6.07, 6.45) is 2.64. The molecule has 5 heterocycles. The molecule has 6 atom stereocenters. The molecule has 4 aromatic carbocycles. The summed E-state index contributed by atoms with van der Waals surface area (Å²) in [6, 6.07) is 21.3. The molecule has 2 unspecified atom stereocenters. The van der Waals surface area contributed by atoms with Crippen molar-refractivity contribution in [2.45, 2.75) is 76.8 Å². The average molecular weight is 883 g/mol. The second-order valence-electron chi connectivity index (χ2n) is 17.6. The molecule has 16 nitrogen and oxygen atoms in total. The van der Waals surface area contributed by atoms with Gasteiger partial charge in [-0.15, -0.1) is 0 Å². The van der Waals surface area contributed by atoms with Crippen LogP contribution in [0.25, 0.3) is 44.2 Å². The lowest BCUT2D eigenvalue weighted by atomic mass is 9.92. The number of rotatable bonds is 11. The number of aromatic nitrogens is 4. The number of alkyl carbamates (subject to hydrolysis) is 2. The van der Waals surface area contributed by atoms with Crippen LogP contribution in [0.15, 0.2) is 79.0 Å². The van der Waals surface area contributed by atoms with Crippen LogP contribution in [0, 0.1) is 11.8 Å². The molecular formula is C49H54N8O8. The van der Waals surface area contributed by atoms with E-state index in [0.717, 1.165) is 68.3 Å². The Morgan fingerprint density at radius 2 is 1.65 bits per heavy atom. The number of nitrogens with zero attached hydrogens (tertiary/aromatic N) is 4. The highest BCUT2D eigenvalue weighted by atomic mass is 16.5. The fraction of sp³-hybridized carbons (Fsp3) is 0.388. The van der Waals surface area contributed by atoms with Crippen molar-refractivity contribution in [1.29, 1.82) is 0 Å². The zero-order valence-corrected chi connectivity index (χ0v) is 37.3. The third-order valence-corrected chi connectivity index (χ3v) is 13.1. The number of H-pyrrole nitrogens is 2. The number of carbonyl (C=O) groups is 4. The quantitative estimate of drug-likeness (QED) is 0.100. The van der Waals surface area contributed by atoms with Crippen molar-refractivity contribution >= 4 is 45.8 Å². The summed E-state index contributed by atoms with van der Waals surface area (Å²) in [7, 11) is 4.22. The molecule has 3 aliphatic rings. The fourth-order valence-corrected chi connectivity index (χ4v) is 9.83. The van der Waals surface area contributed by atoms with E-state index < -0.39 is 24.3 Å². The first-order valence-electron chi connectivity index (χ1n) is 22.1. The van der Waals surface area contributed by atoms with Crippen molar-refractivity contribution in [2.75, 3.05) is 34.5 Å². The molecule has 0 saturated carbocycles. The number of amides is 4. The summed E-state index contributed by atoms with van der Waals surface area (Å²) >= 11 is 0. The van der Waals surface area contributed by atoms with Crippen LogP contribution in [0.4, 0.5) is 9.59 Å². The number of carbonyl (C=O) groups excluding carboxylic acids is 4. The van der Waals surface area contributed by atoms with Gasteiger partial charge in [-0.25, -0.2) is 19.6 Å².